The summed E-state index contributed by atoms with van der Waals surface area (Å²) in [5, 5.41) is 10.8. The van der Waals surface area contributed by atoms with Crippen LogP contribution in [0.1, 0.15) is 17.2 Å². The molecular formula is C22H14F2N2O3. The number of anilines is 1. The summed E-state index contributed by atoms with van der Waals surface area (Å²) in [6, 6.07) is 12.4. The molecule has 1 atom stereocenters. The van der Waals surface area contributed by atoms with Crippen LogP contribution in [0.5, 0.6) is 0 Å². The van der Waals surface area contributed by atoms with E-state index in [1.165, 1.54) is 42.7 Å². The average Bonchev–Trinajstić information content (AvgIpc) is 2.99. The van der Waals surface area contributed by atoms with Gasteiger partial charge < -0.3 is 5.11 Å². The largest absolute Gasteiger partial charge is 0.507 e. The number of nitrogens with zero attached hydrogens (tertiary/aromatic N) is 2. The van der Waals surface area contributed by atoms with Gasteiger partial charge in [0.05, 0.1) is 11.6 Å². The molecule has 1 aromatic heterocycles. The maximum Gasteiger partial charge on any atom is 0.300 e. The number of halogens is 2. The Morgan fingerprint density at radius 3 is 2.28 bits per heavy atom. The fourth-order valence-electron chi connectivity index (χ4n) is 3.35. The second kappa shape index (κ2) is 7.27. The Morgan fingerprint density at radius 2 is 1.62 bits per heavy atom. The van der Waals surface area contributed by atoms with E-state index in [2.05, 4.69) is 4.98 Å². The minimum absolute atomic E-state index is 0.169. The predicted molar refractivity (Wildman–Crippen MR) is 102 cm³/mol. The lowest BCUT2D eigenvalue weighted by Crippen LogP contribution is -2.29. The summed E-state index contributed by atoms with van der Waals surface area (Å²) in [5.41, 5.74) is 0.693. The van der Waals surface area contributed by atoms with E-state index in [-0.39, 0.29) is 16.8 Å². The van der Waals surface area contributed by atoms with Gasteiger partial charge in [-0.05, 0) is 60.2 Å². The topological polar surface area (TPSA) is 70.5 Å². The quantitative estimate of drug-likeness (QED) is 0.416. The fraction of sp³-hybridized carbons (Fsp3) is 0.0455. The highest BCUT2D eigenvalue weighted by molar-refractivity contribution is 6.51. The normalized spacial score (nSPS) is 18.3. The van der Waals surface area contributed by atoms with Gasteiger partial charge in [-0.2, -0.15) is 0 Å². The fourth-order valence-corrected chi connectivity index (χ4v) is 3.35. The van der Waals surface area contributed by atoms with Crippen LogP contribution in [-0.4, -0.2) is 21.8 Å². The first kappa shape index (κ1) is 18.5. The van der Waals surface area contributed by atoms with Crippen LogP contribution < -0.4 is 4.90 Å². The molecular weight excluding hydrogens is 378 g/mol. The third-order valence-corrected chi connectivity index (χ3v) is 4.67. The third-order valence-electron chi connectivity index (χ3n) is 4.67. The van der Waals surface area contributed by atoms with Crippen molar-refractivity contribution in [2.24, 2.45) is 0 Å². The number of amides is 1. The minimum Gasteiger partial charge on any atom is -0.507 e. The number of hydrogen-bond donors (Lipinski definition) is 1. The molecule has 0 saturated carbocycles. The molecule has 0 radical (unpaired) electrons. The number of rotatable bonds is 3. The number of aromatic nitrogens is 1. The van der Waals surface area contributed by atoms with E-state index in [1.807, 2.05) is 0 Å². The zero-order valence-electron chi connectivity index (χ0n) is 14.9. The van der Waals surface area contributed by atoms with Crippen LogP contribution in [0, 0.1) is 11.6 Å². The Labute approximate surface area is 164 Å². The molecule has 2 aromatic carbocycles. The molecule has 1 N–H and O–H groups in total. The van der Waals surface area contributed by atoms with E-state index in [9.17, 15) is 23.5 Å². The van der Waals surface area contributed by atoms with Gasteiger partial charge in [-0.1, -0.05) is 6.07 Å². The average molecular weight is 392 g/mol. The van der Waals surface area contributed by atoms with E-state index < -0.39 is 35.1 Å². The number of pyridine rings is 1. The summed E-state index contributed by atoms with van der Waals surface area (Å²) in [6.07, 6.45) is 2.97. The van der Waals surface area contributed by atoms with Gasteiger partial charge in [0.25, 0.3) is 11.7 Å². The molecule has 1 aliphatic rings. The number of Topliss-reactive ketones (excluding diaryl/α,β-unsaturated/α-hetero) is 1. The molecule has 2 heterocycles. The molecule has 4 rings (SSSR count). The van der Waals surface area contributed by atoms with Crippen LogP contribution in [0.4, 0.5) is 14.5 Å². The standard InChI is InChI=1S/C22H14F2N2O3/c23-15-6-4-14(5-7-15)20(27)18-19(13-8-10-25-11-9-13)26(22(29)21(18)28)17-3-1-2-16(24)12-17/h1-12,19,27H/b20-18+. The summed E-state index contributed by atoms with van der Waals surface area (Å²) >= 11 is 0. The zero-order chi connectivity index (χ0) is 20.5. The minimum atomic E-state index is -0.996. The molecule has 1 aliphatic heterocycles. The van der Waals surface area contributed by atoms with Crippen molar-refractivity contribution >= 4 is 23.1 Å². The number of aliphatic hydroxyl groups excluding tert-OH is 1. The lowest BCUT2D eigenvalue weighted by molar-refractivity contribution is -0.132. The van der Waals surface area contributed by atoms with Gasteiger partial charge in [-0.15, -0.1) is 0 Å². The van der Waals surface area contributed by atoms with E-state index in [4.69, 9.17) is 0 Å². The zero-order valence-corrected chi connectivity index (χ0v) is 14.9. The van der Waals surface area contributed by atoms with Crippen molar-refractivity contribution in [2.75, 3.05) is 4.90 Å². The smallest absolute Gasteiger partial charge is 0.300 e. The Kier molecular flexibility index (Phi) is 4.64. The Bertz CT molecular complexity index is 1130. The van der Waals surface area contributed by atoms with Gasteiger partial charge in [0, 0.05) is 23.6 Å². The number of benzene rings is 2. The first-order valence-corrected chi connectivity index (χ1v) is 8.70. The maximum atomic E-state index is 13.8. The Morgan fingerprint density at radius 1 is 0.931 bits per heavy atom. The molecule has 144 valence electrons. The first-order valence-electron chi connectivity index (χ1n) is 8.70. The van der Waals surface area contributed by atoms with Gasteiger partial charge in [0.2, 0.25) is 0 Å². The third kappa shape index (κ3) is 3.27. The molecule has 0 bridgehead atoms. The lowest BCUT2D eigenvalue weighted by atomic mass is 9.96. The Balaban J connectivity index is 1.94. The molecule has 3 aromatic rings. The van der Waals surface area contributed by atoms with Crippen molar-refractivity contribution in [3.05, 3.63) is 101 Å². The summed E-state index contributed by atoms with van der Waals surface area (Å²) < 4.78 is 27.1. The van der Waals surface area contributed by atoms with E-state index >= 15 is 0 Å². The highest BCUT2D eigenvalue weighted by Crippen LogP contribution is 2.42. The van der Waals surface area contributed by atoms with E-state index in [1.54, 1.807) is 12.1 Å². The molecule has 0 aliphatic carbocycles. The van der Waals surface area contributed by atoms with E-state index in [0.717, 1.165) is 23.1 Å². The molecule has 5 nitrogen and oxygen atoms in total. The number of carbonyl (C=O) groups is 2. The molecule has 0 spiro atoms. The van der Waals surface area contributed by atoms with Crippen LogP contribution in [0.2, 0.25) is 0 Å². The number of aliphatic hydroxyl groups is 1. The van der Waals surface area contributed by atoms with Crippen molar-refractivity contribution in [1.82, 2.24) is 4.98 Å². The second-order valence-corrected chi connectivity index (χ2v) is 6.44. The van der Waals surface area contributed by atoms with E-state index in [0.29, 0.717) is 5.56 Å². The molecule has 7 heteroatoms. The number of carbonyl (C=O) groups excluding carboxylic acids is 2. The van der Waals surface area contributed by atoms with Gasteiger partial charge in [0.1, 0.15) is 17.4 Å². The summed E-state index contributed by atoms with van der Waals surface area (Å²) in [7, 11) is 0. The second-order valence-electron chi connectivity index (χ2n) is 6.44. The van der Waals surface area contributed by atoms with Crippen molar-refractivity contribution < 1.29 is 23.5 Å². The van der Waals surface area contributed by atoms with Crippen molar-refractivity contribution in [3.8, 4) is 0 Å². The van der Waals surface area contributed by atoms with Gasteiger partial charge in [-0.25, -0.2) is 8.78 Å². The van der Waals surface area contributed by atoms with Gasteiger partial charge in [-0.3, -0.25) is 19.5 Å². The molecule has 1 unspecified atom stereocenters. The lowest BCUT2D eigenvalue weighted by Gasteiger charge is -2.25. The number of ketones is 1. The van der Waals surface area contributed by atoms with Crippen LogP contribution in [0.15, 0.2) is 78.6 Å². The van der Waals surface area contributed by atoms with Gasteiger partial charge >= 0.3 is 0 Å². The van der Waals surface area contributed by atoms with Crippen LogP contribution in [0.25, 0.3) is 5.76 Å². The summed E-state index contributed by atoms with van der Waals surface area (Å²) in [5.74, 6) is -3.34. The summed E-state index contributed by atoms with van der Waals surface area (Å²) in [4.78, 5) is 30.8. The van der Waals surface area contributed by atoms with Crippen LogP contribution in [-0.2, 0) is 9.59 Å². The first-order chi connectivity index (χ1) is 14.0. The monoisotopic (exact) mass is 392 g/mol. The maximum absolute atomic E-state index is 13.8. The number of hydrogen-bond acceptors (Lipinski definition) is 4. The predicted octanol–water partition coefficient (Wildman–Crippen LogP) is 3.99. The SMILES string of the molecule is O=C1C(=O)N(c2cccc(F)c2)C(c2ccncc2)/C1=C(\O)c1ccc(F)cc1. The molecule has 29 heavy (non-hydrogen) atoms. The molecule has 1 amide bonds. The molecule has 1 saturated heterocycles. The highest BCUT2D eigenvalue weighted by Gasteiger charge is 2.47. The van der Waals surface area contributed by atoms with Crippen molar-refractivity contribution in [1.29, 1.82) is 0 Å². The van der Waals surface area contributed by atoms with Gasteiger partial charge in [0.15, 0.2) is 0 Å². The van der Waals surface area contributed by atoms with Crippen LogP contribution in [0.3, 0.4) is 0 Å². The Hall–Kier alpha value is -3.87. The molecule has 1 fully saturated rings. The van der Waals surface area contributed by atoms with Crippen molar-refractivity contribution in [2.45, 2.75) is 6.04 Å². The van der Waals surface area contributed by atoms with Crippen LogP contribution >= 0.6 is 0 Å². The van der Waals surface area contributed by atoms with Crippen molar-refractivity contribution in [3.63, 3.8) is 0 Å². The summed E-state index contributed by atoms with van der Waals surface area (Å²) in [6.45, 7) is 0. The highest BCUT2D eigenvalue weighted by atomic mass is 19.1.